The van der Waals surface area contributed by atoms with Gasteiger partial charge in [0.2, 0.25) is 5.37 Å². The molecule has 0 amide bonds. The molecule has 0 aliphatic carbocycles. The number of aryl methyl sites for hydroxylation is 2. The molecule has 1 aromatic rings. The van der Waals surface area contributed by atoms with E-state index in [1.807, 2.05) is 37.9 Å². The fourth-order valence-corrected chi connectivity index (χ4v) is 5.03. The Labute approximate surface area is 166 Å². The van der Waals surface area contributed by atoms with E-state index in [0.717, 1.165) is 58.2 Å². The maximum Gasteiger partial charge on any atom is 0.471 e. The molecule has 0 aliphatic rings. The van der Waals surface area contributed by atoms with E-state index in [0.29, 0.717) is 17.0 Å². The van der Waals surface area contributed by atoms with E-state index in [4.69, 9.17) is 4.18 Å². The van der Waals surface area contributed by atoms with Gasteiger partial charge in [-0.15, -0.1) is 0 Å². The third-order valence-electron chi connectivity index (χ3n) is 5.61. The molecular formula is C20H41N3O3S+2. The van der Waals surface area contributed by atoms with Crippen molar-refractivity contribution in [2.45, 2.75) is 85.1 Å². The summed E-state index contributed by atoms with van der Waals surface area (Å²) in [5.41, 5.74) is 0. The molecule has 0 aliphatic heterocycles. The van der Waals surface area contributed by atoms with Crippen molar-refractivity contribution in [3.05, 3.63) is 12.4 Å². The molecule has 27 heavy (non-hydrogen) atoms. The van der Waals surface area contributed by atoms with Gasteiger partial charge >= 0.3 is 16.1 Å². The van der Waals surface area contributed by atoms with Crippen molar-refractivity contribution < 1.29 is 21.7 Å². The SMILES string of the molecule is CCCC[N+](CCCC)(CCCC)C(C)S(=O)(=O)Oc1n(CC)cc[n+]1C. The number of hydrogen-bond acceptors (Lipinski definition) is 3. The van der Waals surface area contributed by atoms with Crippen LogP contribution in [0, 0.1) is 0 Å². The minimum Gasteiger partial charge on any atom is -0.306 e. The number of rotatable bonds is 14. The molecule has 158 valence electrons. The molecular weight excluding hydrogens is 362 g/mol. The number of imidazole rings is 1. The minimum absolute atomic E-state index is 0.379. The Morgan fingerprint density at radius 1 is 1.04 bits per heavy atom. The summed E-state index contributed by atoms with van der Waals surface area (Å²) in [6.07, 6.45) is 9.99. The standard InChI is InChI=1S/C20H41N3O3S/c1-7-11-16-23(17-12-8-2,18-13-9-3)19(5)27(24,25)26-20-21(6)14-15-22(20)10-4/h14-15,19H,7-13,16-18H2,1-6H3/q+2. The van der Waals surface area contributed by atoms with Gasteiger partial charge in [-0.25, -0.2) is 0 Å². The van der Waals surface area contributed by atoms with Gasteiger partial charge in [0.15, 0.2) is 0 Å². The van der Waals surface area contributed by atoms with Crippen molar-refractivity contribution in [3.8, 4) is 6.01 Å². The van der Waals surface area contributed by atoms with Crippen molar-refractivity contribution in [2.75, 3.05) is 19.6 Å². The molecule has 1 atom stereocenters. The third kappa shape index (κ3) is 6.21. The van der Waals surface area contributed by atoms with Gasteiger partial charge in [0, 0.05) is 6.92 Å². The fraction of sp³-hybridized carbons (Fsp3) is 0.850. The molecule has 0 saturated carbocycles. The summed E-state index contributed by atoms with van der Waals surface area (Å²) in [6, 6.07) is 0.379. The van der Waals surface area contributed by atoms with E-state index in [1.165, 1.54) is 0 Å². The van der Waals surface area contributed by atoms with Crippen LogP contribution in [0.15, 0.2) is 12.4 Å². The molecule has 0 N–H and O–H groups in total. The maximum absolute atomic E-state index is 13.3. The first-order valence-corrected chi connectivity index (χ1v) is 12.1. The predicted molar refractivity (Wildman–Crippen MR) is 110 cm³/mol. The monoisotopic (exact) mass is 403 g/mol. The molecule has 7 heteroatoms. The van der Waals surface area contributed by atoms with Crippen molar-refractivity contribution in [1.29, 1.82) is 0 Å². The second-order valence-electron chi connectivity index (χ2n) is 7.60. The molecule has 0 radical (unpaired) electrons. The highest BCUT2D eigenvalue weighted by Crippen LogP contribution is 2.25. The van der Waals surface area contributed by atoms with Crippen LogP contribution in [0.3, 0.4) is 0 Å². The normalized spacial score (nSPS) is 13.7. The lowest BCUT2D eigenvalue weighted by Gasteiger charge is -2.42. The van der Waals surface area contributed by atoms with Gasteiger partial charge in [0.1, 0.15) is 12.4 Å². The van der Waals surface area contributed by atoms with Gasteiger partial charge in [0.05, 0.1) is 33.2 Å². The number of quaternary nitrogens is 1. The highest BCUT2D eigenvalue weighted by molar-refractivity contribution is 7.87. The fourth-order valence-electron chi connectivity index (χ4n) is 3.61. The molecule has 6 nitrogen and oxygen atoms in total. The van der Waals surface area contributed by atoms with Crippen molar-refractivity contribution >= 4 is 10.1 Å². The van der Waals surface area contributed by atoms with Crippen LogP contribution >= 0.6 is 0 Å². The zero-order valence-corrected chi connectivity index (χ0v) is 19.1. The Morgan fingerprint density at radius 2 is 1.52 bits per heavy atom. The van der Waals surface area contributed by atoms with Crippen LogP contribution < -0.4 is 8.75 Å². The number of hydrogen-bond donors (Lipinski definition) is 0. The zero-order chi connectivity index (χ0) is 20.5. The van der Waals surface area contributed by atoms with E-state index < -0.39 is 15.5 Å². The van der Waals surface area contributed by atoms with Gasteiger partial charge < -0.3 is 8.67 Å². The molecule has 0 fully saturated rings. The van der Waals surface area contributed by atoms with Crippen LogP contribution in [-0.4, -0.2) is 42.5 Å². The lowest BCUT2D eigenvalue weighted by atomic mass is 10.1. The summed E-state index contributed by atoms with van der Waals surface area (Å²) in [7, 11) is -1.94. The van der Waals surface area contributed by atoms with Gasteiger partial charge in [-0.05, 0) is 26.2 Å². The Hall–Kier alpha value is -1.08. The topological polar surface area (TPSA) is 52.2 Å². The first-order valence-electron chi connectivity index (χ1n) is 10.6. The van der Waals surface area contributed by atoms with E-state index in [2.05, 4.69) is 20.8 Å². The third-order valence-corrected chi connectivity index (χ3v) is 7.27. The van der Waals surface area contributed by atoms with Gasteiger partial charge in [0.25, 0.3) is 0 Å². The molecule has 0 aromatic carbocycles. The Kier molecular flexibility index (Phi) is 9.81. The van der Waals surface area contributed by atoms with Crippen LogP contribution in [0.2, 0.25) is 0 Å². The van der Waals surface area contributed by atoms with Crippen LogP contribution in [0.25, 0.3) is 0 Å². The van der Waals surface area contributed by atoms with Crippen molar-refractivity contribution in [2.24, 2.45) is 7.05 Å². The van der Waals surface area contributed by atoms with Crippen molar-refractivity contribution in [3.63, 3.8) is 0 Å². The average Bonchev–Trinajstić information content (AvgIpc) is 3.00. The molecule has 1 heterocycles. The highest BCUT2D eigenvalue weighted by atomic mass is 32.2. The Bertz CT molecular complexity index is 634. The molecule has 0 bridgehead atoms. The lowest BCUT2D eigenvalue weighted by molar-refractivity contribution is -0.937. The Morgan fingerprint density at radius 3 is 1.93 bits per heavy atom. The van der Waals surface area contributed by atoms with E-state index in [1.54, 1.807) is 4.57 Å². The van der Waals surface area contributed by atoms with E-state index >= 15 is 0 Å². The van der Waals surface area contributed by atoms with Crippen LogP contribution in [0.1, 0.15) is 73.1 Å². The molecule has 0 saturated heterocycles. The molecule has 0 spiro atoms. The minimum atomic E-state index is -3.76. The smallest absolute Gasteiger partial charge is 0.306 e. The number of nitrogens with zero attached hydrogens (tertiary/aromatic N) is 3. The summed E-state index contributed by atoms with van der Waals surface area (Å²) in [5.74, 6) is 0. The van der Waals surface area contributed by atoms with Crippen LogP contribution in [0.5, 0.6) is 6.01 Å². The molecule has 1 aromatic heterocycles. The van der Waals surface area contributed by atoms with E-state index in [-0.39, 0.29) is 0 Å². The van der Waals surface area contributed by atoms with E-state index in [9.17, 15) is 8.42 Å². The quantitative estimate of drug-likeness (QED) is 0.271. The summed E-state index contributed by atoms with van der Waals surface area (Å²) in [6.45, 7) is 13.7. The average molecular weight is 404 g/mol. The summed E-state index contributed by atoms with van der Waals surface area (Å²) < 4.78 is 36.4. The summed E-state index contributed by atoms with van der Waals surface area (Å²) >= 11 is 0. The first kappa shape index (κ1) is 24.0. The maximum atomic E-state index is 13.3. The number of aromatic nitrogens is 2. The number of unbranched alkanes of at least 4 members (excludes halogenated alkanes) is 3. The zero-order valence-electron chi connectivity index (χ0n) is 18.3. The highest BCUT2D eigenvalue weighted by Gasteiger charge is 2.44. The largest absolute Gasteiger partial charge is 0.471 e. The molecule has 1 unspecified atom stereocenters. The van der Waals surface area contributed by atoms with Crippen molar-refractivity contribution in [1.82, 2.24) is 4.57 Å². The predicted octanol–water partition coefficient (Wildman–Crippen LogP) is 3.60. The van der Waals surface area contributed by atoms with Crippen LogP contribution in [0.4, 0.5) is 0 Å². The Balaban J connectivity index is 3.21. The van der Waals surface area contributed by atoms with Gasteiger partial charge in [-0.3, -0.25) is 0 Å². The van der Waals surface area contributed by atoms with Gasteiger partial charge in [-0.2, -0.15) is 17.6 Å². The first-order chi connectivity index (χ1) is 12.8. The lowest BCUT2D eigenvalue weighted by Crippen LogP contribution is -2.59. The second kappa shape index (κ2) is 11.1. The summed E-state index contributed by atoms with van der Waals surface area (Å²) in [4.78, 5) is 0. The summed E-state index contributed by atoms with van der Waals surface area (Å²) in [5, 5.41) is -0.581. The second-order valence-corrected chi connectivity index (χ2v) is 9.44. The van der Waals surface area contributed by atoms with Crippen LogP contribution in [-0.2, 0) is 23.7 Å². The van der Waals surface area contributed by atoms with Gasteiger partial charge in [-0.1, -0.05) is 40.0 Å². The molecule has 1 rings (SSSR count).